The highest BCUT2D eigenvalue weighted by molar-refractivity contribution is 6.42. The molecule has 1 aromatic rings. The Kier molecular flexibility index (Phi) is 6.18. The van der Waals surface area contributed by atoms with E-state index in [1.807, 2.05) is 12.1 Å². The predicted molar refractivity (Wildman–Crippen MR) is 102 cm³/mol. The summed E-state index contributed by atoms with van der Waals surface area (Å²) in [6, 6.07) is 5.33. The van der Waals surface area contributed by atoms with Gasteiger partial charge in [0.1, 0.15) is 12.1 Å². The second kappa shape index (κ2) is 8.61. The number of ether oxygens (including phenoxy) is 1. The molecule has 3 fully saturated rings. The van der Waals surface area contributed by atoms with Gasteiger partial charge in [0.15, 0.2) is 0 Å². The van der Waals surface area contributed by atoms with Crippen molar-refractivity contribution in [3.8, 4) is 0 Å². The molecule has 3 heterocycles. The molecule has 1 amide bonds. The molecule has 27 heavy (non-hydrogen) atoms. The average Bonchev–Trinajstić information content (AvgIpc) is 3.38. The third kappa shape index (κ3) is 4.74. The molecule has 0 aromatic heterocycles. The Bertz CT molecular complexity index is 687. The van der Waals surface area contributed by atoms with Gasteiger partial charge in [-0.1, -0.05) is 29.3 Å². The maximum absolute atomic E-state index is 12.5. The molecule has 0 bridgehead atoms. The molecule has 1 aromatic carbocycles. The van der Waals surface area contributed by atoms with Gasteiger partial charge in [-0.3, -0.25) is 15.1 Å². The number of hydrazine groups is 1. The number of hydrogen-bond acceptors (Lipinski definition) is 6. The highest BCUT2D eigenvalue weighted by Gasteiger charge is 2.38. The monoisotopic (exact) mass is 414 g/mol. The third-order valence-electron chi connectivity index (χ3n) is 5.23. The van der Waals surface area contributed by atoms with Crippen LogP contribution in [-0.4, -0.2) is 54.9 Å². The van der Waals surface area contributed by atoms with E-state index in [1.165, 1.54) is 0 Å². The van der Waals surface area contributed by atoms with Crippen molar-refractivity contribution in [1.82, 2.24) is 21.2 Å². The Morgan fingerprint density at radius 3 is 2.96 bits per heavy atom. The maximum Gasteiger partial charge on any atom is 0.239 e. The van der Waals surface area contributed by atoms with Gasteiger partial charge in [0, 0.05) is 32.7 Å². The van der Waals surface area contributed by atoms with Crippen LogP contribution in [0.4, 0.5) is 0 Å². The second-order valence-corrected chi connectivity index (χ2v) is 8.13. The Balaban J connectivity index is 1.23. The normalized spacial score (nSPS) is 31.5. The van der Waals surface area contributed by atoms with Crippen LogP contribution in [0, 0.1) is 0 Å². The number of hydroxylamine groups is 1. The van der Waals surface area contributed by atoms with E-state index in [0.717, 1.165) is 25.0 Å². The number of halogens is 2. The van der Waals surface area contributed by atoms with Crippen molar-refractivity contribution in [3.63, 3.8) is 0 Å². The van der Waals surface area contributed by atoms with Gasteiger partial charge >= 0.3 is 0 Å². The summed E-state index contributed by atoms with van der Waals surface area (Å²) < 4.78 is 5.65. The lowest BCUT2D eigenvalue weighted by Gasteiger charge is -2.17. The van der Waals surface area contributed by atoms with Crippen LogP contribution >= 0.6 is 23.2 Å². The molecule has 3 aliphatic heterocycles. The van der Waals surface area contributed by atoms with Gasteiger partial charge in [-0.25, -0.2) is 5.01 Å². The van der Waals surface area contributed by atoms with Crippen LogP contribution in [0.25, 0.3) is 0 Å². The molecule has 7 nitrogen and oxygen atoms in total. The van der Waals surface area contributed by atoms with Crippen LogP contribution in [0.5, 0.6) is 0 Å². The van der Waals surface area contributed by atoms with Crippen LogP contribution < -0.4 is 16.2 Å². The molecule has 4 rings (SSSR count). The summed E-state index contributed by atoms with van der Waals surface area (Å²) in [4.78, 5) is 18.1. The van der Waals surface area contributed by atoms with E-state index in [1.54, 1.807) is 6.07 Å². The minimum atomic E-state index is -0.330. The van der Waals surface area contributed by atoms with Gasteiger partial charge < -0.3 is 10.1 Å². The minimum absolute atomic E-state index is 0.0290. The summed E-state index contributed by atoms with van der Waals surface area (Å²) in [5.41, 5.74) is 7.24. The van der Waals surface area contributed by atoms with Gasteiger partial charge in [0.25, 0.3) is 0 Å². The van der Waals surface area contributed by atoms with Gasteiger partial charge in [0.05, 0.1) is 22.2 Å². The van der Waals surface area contributed by atoms with E-state index in [4.69, 9.17) is 32.8 Å². The van der Waals surface area contributed by atoms with E-state index in [9.17, 15) is 4.79 Å². The fraction of sp³-hybridized carbons (Fsp3) is 0.611. The van der Waals surface area contributed by atoms with Gasteiger partial charge in [-0.05, 0) is 30.5 Å². The number of carbonyl (C=O) groups excluding carboxylic acids is 1. The van der Waals surface area contributed by atoms with Gasteiger partial charge in [-0.15, -0.1) is 0 Å². The third-order valence-corrected chi connectivity index (χ3v) is 5.97. The topological polar surface area (TPSA) is 74.9 Å². The van der Waals surface area contributed by atoms with Crippen molar-refractivity contribution in [3.05, 3.63) is 33.8 Å². The molecule has 0 spiro atoms. The molecular formula is C18H24Cl2N4O3. The first kappa shape index (κ1) is 19.4. The number of benzene rings is 1. The number of hydrogen-bond donors (Lipinski definition) is 3. The first-order valence-corrected chi connectivity index (χ1v) is 10.1. The molecule has 148 valence electrons. The largest absolute Gasteiger partial charge is 0.375 e. The average molecular weight is 415 g/mol. The molecule has 4 unspecified atom stereocenters. The van der Waals surface area contributed by atoms with E-state index in [-0.39, 0.29) is 30.2 Å². The second-order valence-electron chi connectivity index (χ2n) is 7.31. The summed E-state index contributed by atoms with van der Waals surface area (Å²) >= 11 is 12.0. The summed E-state index contributed by atoms with van der Waals surface area (Å²) in [6.07, 6.45) is 2.76. The smallest absolute Gasteiger partial charge is 0.239 e. The Labute approximate surface area is 168 Å². The zero-order chi connectivity index (χ0) is 18.8. The van der Waals surface area contributed by atoms with Crippen molar-refractivity contribution in [1.29, 1.82) is 0 Å². The van der Waals surface area contributed by atoms with Gasteiger partial charge in [-0.2, -0.15) is 5.48 Å². The lowest BCUT2D eigenvalue weighted by molar-refractivity contribution is -0.125. The van der Waals surface area contributed by atoms with Gasteiger partial charge in [0.2, 0.25) is 5.91 Å². The number of rotatable bonds is 5. The van der Waals surface area contributed by atoms with E-state index < -0.39 is 0 Å². The molecule has 9 heteroatoms. The molecule has 0 saturated carbocycles. The highest BCUT2D eigenvalue weighted by atomic mass is 35.5. The predicted octanol–water partition coefficient (Wildman–Crippen LogP) is 1.64. The molecular weight excluding hydrogens is 391 g/mol. The molecule has 3 aliphatic rings. The number of nitrogens with zero attached hydrogens (tertiary/aromatic N) is 1. The van der Waals surface area contributed by atoms with E-state index >= 15 is 0 Å². The summed E-state index contributed by atoms with van der Waals surface area (Å²) in [5.74, 6) is -0.0290. The fourth-order valence-electron chi connectivity index (χ4n) is 3.79. The van der Waals surface area contributed by atoms with E-state index in [0.29, 0.717) is 36.1 Å². The summed E-state index contributed by atoms with van der Waals surface area (Å²) in [5, 5.41) is 6.26. The SMILES string of the molecule is O=C(NC1CNN(Cc2ccc(Cl)c(Cl)c2)C1)C1CC(C2CCCO2)ON1. The molecule has 3 N–H and O–H groups in total. The first-order valence-electron chi connectivity index (χ1n) is 9.34. The summed E-state index contributed by atoms with van der Waals surface area (Å²) in [6.45, 7) is 2.88. The van der Waals surface area contributed by atoms with E-state index in [2.05, 4.69) is 21.2 Å². The van der Waals surface area contributed by atoms with Crippen LogP contribution in [0.2, 0.25) is 10.0 Å². The minimum Gasteiger partial charge on any atom is -0.375 e. The van der Waals surface area contributed by atoms with Crippen molar-refractivity contribution in [2.75, 3.05) is 19.7 Å². The van der Waals surface area contributed by atoms with Crippen molar-refractivity contribution < 1.29 is 14.4 Å². The molecule has 0 radical (unpaired) electrons. The Hall–Kier alpha value is -0.930. The lowest BCUT2D eigenvalue weighted by atomic mass is 10.0. The number of amides is 1. The van der Waals surface area contributed by atoms with Crippen LogP contribution in [-0.2, 0) is 20.9 Å². The zero-order valence-corrected chi connectivity index (χ0v) is 16.4. The standard InChI is InChI=1S/C18H24Cl2N4O3/c19-13-4-3-11(6-14(13)20)9-24-10-12(8-21-24)22-18(25)15-7-17(27-23-15)16-2-1-5-26-16/h3-4,6,12,15-17,21,23H,1-2,5,7-10H2,(H,22,25). The van der Waals surface area contributed by atoms with Crippen molar-refractivity contribution in [2.45, 2.75) is 50.1 Å². The lowest BCUT2D eigenvalue weighted by Crippen LogP contribution is -2.47. The Morgan fingerprint density at radius 2 is 2.19 bits per heavy atom. The molecule has 4 atom stereocenters. The highest BCUT2D eigenvalue weighted by Crippen LogP contribution is 2.25. The number of carbonyl (C=O) groups is 1. The van der Waals surface area contributed by atoms with Crippen LogP contribution in [0.1, 0.15) is 24.8 Å². The Morgan fingerprint density at radius 1 is 1.30 bits per heavy atom. The van der Waals surface area contributed by atoms with Crippen molar-refractivity contribution >= 4 is 29.1 Å². The molecule has 3 saturated heterocycles. The zero-order valence-electron chi connectivity index (χ0n) is 14.9. The van der Waals surface area contributed by atoms with Crippen LogP contribution in [0.3, 0.4) is 0 Å². The first-order chi connectivity index (χ1) is 13.1. The maximum atomic E-state index is 12.5. The van der Waals surface area contributed by atoms with Crippen molar-refractivity contribution in [2.24, 2.45) is 0 Å². The quantitative estimate of drug-likeness (QED) is 0.679. The van der Waals surface area contributed by atoms with Crippen LogP contribution in [0.15, 0.2) is 18.2 Å². The summed E-state index contributed by atoms with van der Waals surface area (Å²) in [7, 11) is 0. The molecule has 0 aliphatic carbocycles. The number of nitrogens with one attached hydrogen (secondary N) is 3. The fourth-order valence-corrected chi connectivity index (χ4v) is 4.11.